The Morgan fingerprint density at radius 1 is 1.23 bits per heavy atom. The minimum Gasteiger partial charge on any atom is -0.351 e. The van der Waals surface area contributed by atoms with Crippen LogP contribution in [-0.2, 0) is 15.8 Å². The van der Waals surface area contributed by atoms with Gasteiger partial charge in [0.2, 0.25) is 10.0 Å². The molecule has 26 heavy (non-hydrogen) atoms. The Hall–Kier alpha value is -2.13. The molecule has 3 rings (SSSR count). The Morgan fingerprint density at radius 3 is 2.62 bits per heavy atom. The third kappa shape index (κ3) is 3.99. The van der Waals surface area contributed by atoms with Crippen molar-refractivity contribution >= 4 is 15.8 Å². The Balaban J connectivity index is 1.73. The summed E-state index contributed by atoms with van der Waals surface area (Å²) in [5.41, 5.74) is -0.434. The van der Waals surface area contributed by atoms with Crippen molar-refractivity contribution in [3.8, 4) is 0 Å². The highest BCUT2D eigenvalue weighted by Gasteiger charge is 2.31. The molecule has 9 heteroatoms. The number of anilines is 1. The molecule has 0 N–H and O–H groups in total. The molecule has 0 saturated carbocycles. The third-order valence-electron chi connectivity index (χ3n) is 4.56. The van der Waals surface area contributed by atoms with Crippen molar-refractivity contribution in [1.29, 1.82) is 0 Å². The largest absolute Gasteiger partial charge is 0.351 e. The van der Waals surface area contributed by atoms with Gasteiger partial charge in [-0.25, -0.2) is 21.5 Å². The summed E-state index contributed by atoms with van der Waals surface area (Å²) in [4.78, 5) is 2.02. The average molecular weight is 382 g/mol. The van der Waals surface area contributed by atoms with Crippen LogP contribution in [0.4, 0.5) is 14.6 Å². The van der Waals surface area contributed by atoms with E-state index in [4.69, 9.17) is 0 Å². The summed E-state index contributed by atoms with van der Waals surface area (Å²) in [7, 11) is -2.43. The van der Waals surface area contributed by atoms with Gasteiger partial charge in [-0.2, -0.15) is 5.10 Å². The number of rotatable bonds is 6. The summed E-state index contributed by atoms with van der Waals surface area (Å²) in [5, 5.41) is 7.94. The lowest BCUT2D eigenvalue weighted by atomic mass is 10.2. The molecule has 6 nitrogen and oxygen atoms in total. The minimum absolute atomic E-state index is 0.0584. The van der Waals surface area contributed by atoms with Crippen LogP contribution in [0.5, 0.6) is 0 Å². The molecule has 0 radical (unpaired) electrons. The van der Waals surface area contributed by atoms with Crippen LogP contribution < -0.4 is 4.90 Å². The van der Waals surface area contributed by atoms with Gasteiger partial charge < -0.3 is 4.90 Å². The standard InChI is InChI=1S/C17H20F2N4O2S/c1-22(26(24,25)12-14-15(18)6-2-7-16(14)19)11-13-5-4-10-23(13)17-8-3-9-20-21-17/h2-3,6-9,13H,4-5,10-12H2,1H3. The first-order valence-corrected chi connectivity index (χ1v) is 9.90. The lowest BCUT2D eigenvalue weighted by Gasteiger charge is -2.29. The summed E-state index contributed by atoms with van der Waals surface area (Å²) in [6, 6.07) is 6.87. The van der Waals surface area contributed by atoms with E-state index in [0.717, 1.165) is 35.8 Å². The fourth-order valence-electron chi connectivity index (χ4n) is 3.15. The average Bonchev–Trinajstić information content (AvgIpc) is 3.07. The molecule has 1 aliphatic rings. The Morgan fingerprint density at radius 2 is 1.96 bits per heavy atom. The van der Waals surface area contributed by atoms with Gasteiger partial charge in [-0.1, -0.05) is 6.07 Å². The molecule has 0 spiro atoms. The maximum Gasteiger partial charge on any atom is 0.218 e. The third-order valence-corrected chi connectivity index (χ3v) is 6.31. The Bertz CT molecular complexity index is 844. The second kappa shape index (κ2) is 7.63. The smallest absolute Gasteiger partial charge is 0.218 e. The summed E-state index contributed by atoms with van der Waals surface area (Å²) in [5.74, 6) is -1.73. The number of hydrogen-bond donors (Lipinski definition) is 0. The van der Waals surface area contributed by atoms with Crippen LogP contribution in [0.15, 0.2) is 36.5 Å². The molecule has 1 atom stereocenters. The van der Waals surface area contributed by atoms with Crippen molar-refractivity contribution in [3.63, 3.8) is 0 Å². The lowest BCUT2D eigenvalue weighted by molar-refractivity contribution is 0.430. The van der Waals surface area contributed by atoms with Gasteiger partial charge in [0.25, 0.3) is 0 Å². The van der Waals surface area contributed by atoms with E-state index in [2.05, 4.69) is 10.2 Å². The van der Waals surface area contributed by atoms with Gasteiger partial charge in [0.05, 0.1) is 5.75 Å². The minimum atomic E-state index is -3.86. The van der Waals surface area contributed by atoms with E-state index in [1.165, 1.54) is 13.1 Å². The maximum absolute atomic E-state index is 13.8. The van der Waals surface area contributed by atoms with Gasteiger partial charge in [0, 0.05) is 37.9 Å². The van der Waals surface area contributed by atoms with E-state index < -0.39 is 33.0 Å². The quantitative estimate of drug-likeness (QED) is 0.766. The molecule has 2 aromatic rings. The van der Waals surface area contributed by atoms with Crippen LogP contribution in [0.3, 0.4) is 0 Å². The van der Waals surface area contributed by atoms with Gasteiger partial charge in [-0.05, 0) is 37.1 Å². The summed E-state index contributed by atoms with van der Waals surface area (Å²) >= 11 is 0. The van der Waals surface area contributed by atoms with Crippen LogP contribution in [0.2, 0.25) is 0 Å². The van der Waals surface area contributed by atoms with Crippen LogP contribution in [0, 0.1) is 11.6 Å². The molecule has 1 saturated heterocycles. The van der Waals surface area contributed by atoms with Crippen LogP contribution in [-0.4, -0.2) is 49.1 Å². The first-order valence-electron chi connectivity index (χ1n) is 8.30. The van der Waals surface area contributed by atoms with Crippen molar-refractivity contribution in [3.05, 3.63) is 53.7 Å². The number of hydrogen-bond acceptors (Lipinski definition) is 5. The van der Waals surface area contributed by atoms with Gasteiger partial charge in [-0.3, -0.25) is 0 Å². The molecular formula is C17H20F2N4O2S. The van der Waals surface area contributed by atoms with Gasteiger partial charge in [0.15, 0.2) is 5.82 Å². The highest BCUT2D eigenvalue weighted by atomic mass is 32.2. The predicted octanol–water partition coefficient (Wildman–Crippen LogP) is 2.19. The molecule has 1 unspecified atom stereocenters. The fraction of sp³-hybridized carbons (Fsp3) is 0.412. The summed E-state index contributed by atoms with van der Waals surface area (Å²) < 4.78 is 53.9. The molecule has 1 aromatic heterocycles. The van der Waals surface area contributed by atoms with E-state index in [9.17, 15) is 17.2 Å². The second-order valence-electron chi connectivity index (χ2n) is 6.31. The topological polar surface area (TPSA) is 66.4 Å². The van der Waals surface area contributed by atoms with Gasteiger partial charge >= 0.3 is 0 Å². The number of likely N-dealkylation sites (N-methyl/N-ethyl adjacent to an activating group) is 1. The Kier molecular flexibility index (Phi) is 5.47. The van der Waals surface area contributed by atoms with Gasteiger partial charge in [-0.15, -0.1) is 5.10 Å². The normalized spacial score (nSPS) is 17.8. The molecule has 0 bridgehead atoms. The first-order chi connectivity index (χ1) is 12.4. The fourth-order valence-corrected chi connectivity index (χ4v) is 4.41. The number of aromatic nitrogens is 2. The molecule has 0 aliphatic carbocycles. The van der Waals surface area contributed by atoms with Crippen LogP contribution >= 0.6 is 0 Å². The number of benzene rings is 1. The van der Waals surface area contributed by atoms with E-state index in [1.54, 1.807) is 12.3 Å². The highest BCUT2D eigenvalue weighted by molar-refractivity contribution is 7.88. The lowest BCUT2D eigenvalue weighted by Crippen LogP contribution is -2.42. The Labute approximate surface area is 151 Å². The zero-order valence-corrected chi connectivity index (χ0v) is 15.2. The predicted molar refractivity (Wildman–Crippen MR) is 94.0 cm³/mol. The van der Waals surface area contributed by atoms with E-state index in [0.29, 0.717) is 5.82 Å². The molecule has 1 fully saturated rings. The summed E-state index contributed by atoms with van der Waals surface area (Å²) in [6.45, 7) is 0.980. The van der Waals surface area contributed by atoms with Crippen LogP contribution in [0.1, 0.15) is 18.4 Å². The molecule has 140 valence electrons. The van der Waals surface area contributed by atoms with Crippen molar-refractivity contribution in [2.24, 2.45) is 0 Å². The first kappa shape index (κ1) is 18.7. The monoisotopic (exact) mass is 382 g/mol. The number of nitrogens with zero attached hydrogens (tertiary/aromatic N) is 4. The second-order valence-corrected chi connectivity index (χ2v) is 8.38. The van der Waals surface area contributed by atoms with E-state index in [1.807, 2.05) is 11.0 Å². The molecule has 1 aliphatic heterocycles. The van der Waals surface area contributed by atoms with Gasteiger partial charge in [0.1, 0.15) is 11.6 Å². The maximum atomic E-state index is 13.8. The van der Waals surface area contributed by atoms with Crippen molar-refractivity contribution in [2.75, 3.05) is 25.0 Å². The summed E-state index contributed by atoms with van der Waals surface area (Å²) in [6.07, 6.45) is 3.30. The number of halogens is 2. The van der Waals surface area contributed by atoms with E-state index >= 15 is 0 Å². The molecule has 1 aromatic carbocycles. The zero-order valence-electron chi connectivity index (χ0n) is 14.3. The molecule has 0 amide bonds. The zero-order chi connectivity index (χ0) is 18.7. The molecular weight excluding hydrogens is 362 g/mol. The van der Waals surface area contributed by atoms with Crippen LogP contribution in [0.25, 0.3) is 0 Å². The van der Waals surface area contributed by atoms with Crippen molar-refractivity contribution in [1.82, 2.24) is 14.5 Å². The number of sulfonamides is 1. The van der Waals surface area contributed by atoms with E-state index in [-0.39, 0.29) is 12.6 Å². The van der Waals surface area contributed by atoms with Crippen molar-refractivity contribution in [2.45, 2.75) is 24.6 Å². The SMILES string of the molecule is CN(CC1CCCN1c1cccnn1)S(=O)(=O)Cc1c(F)cccc1F. The van der Waals surface area contributed by atoms with Crippen molar-refractivity contribution < 1.29 is 17.2 Å². The highest BCUT2D eigenvalue weighted by Crippen LogP contribution is 2.25. The molecule has 2 heterocycles.